The predicted octanol–water partition coefficient (Wildman–Crippen LogP) is 5.13. The normalized spacial score (nSPS) is 17.4. The molecule has 1 saturated heterocycles. The first-order valence-electron chi connectivity index (χ1n) is 14.5. The third-order valence-electron chi connectivity index (χ3n) is 8.39. The maximum atomic E-state index is 13.2. The fraction of sp³-hybridized carbons (Fsp3) is 0.438. The molecule has 2 aromatic rings. The third kappa shape index (κ3) is 6.21. The summed E-state index contributed by atoms with van der Waals surface area (Å²) in [5.74, 6) is -0.896. The van der Waals surface area contributed by atoms with Crippen LogP contribution in [0, 0.1) is 13.8 Å². The highest BCUT2D eigenvalue weighted by Crippen LogP contribution is 2.32. The van der Waals surface area contributed by atoms with Gasteiger partial charge in [-0.3, -0.25) is 14.5 Å². The standard InChI is InChI=1S/C32H38N4O4S/c1-21-9-8-10-22(2)28(21)33-32(41)35-17-15-34(16-18-35)14-7-5-4-6-11-26-23(3)29(37)36(30(26)38)25-12-13-27-24(19-25)20-40-31(27)39/h8-10,12-13,19H,4-7,11,14-18,20H2,1-3H3,(H,33,41). The second-order valence-corrected chi connectivity index (χ2v) is 11.5. The number of benzene rings is 2. The van der Waals surface area contributed by atoms with Gasteiger partial charge in [0.2, 0.25) is 0 Å². The first kappa shape index (κ1) is 29.0. The van der Waals surface area contributed by atoms with E-state index in [1.54, 1.807) is 25.1 Å². The monoisotopic (exact) mass is 574 g/mol. The van der Waals surface area contributed by atoms with Gasteiger partial charge in [-0.05, 0) is 88.1 Å². The molecule has 1 fully saturated rings. The molecular weight excluding hydrogens is 536 g/mol. The molecule has 8 nitrogen and oxygen atoms in total. The Morgan fingerprint density at radius 1 is 0.902 bits per heavy atom. The van der Waals surface area contributed by atoms with Gasteiger partial charge in [-0.15, -0.1) is 0 Å². The number of amides is 2. The van der Waals surface area contributed by atoms with Crippen LogP contribution in [0.2, 0.25) is 0 Å². The van der Waals surface area contributed by atoms with Crippen LogP contribution in [-0.4, -0.2) is 65.4 Å². The van der Waals surface area contributed by atoms with Crippen molar-refractivity contribution in [3.8, 4) is 0 Å². The summed E-state index contributed by atoms with van der Waals surface area (Å²) in [5, 5.41) is 4.25. The van der Waals surface area contributed by atoms with Crippen molar-refractivity contribution in [3.63, 3.8) is 0 Å². The molecule has 0 aromatic heterocycles. The number of anilines is 2. The average molecular weight is 575 g/mol. The van der Waals surface area contributed by atoms with Crippen molar-refractivity contribution in [2.75, 3.05) is 42.9 Å². The van der Waals surface area contributed by atoms with Crippen molar-refractivity contribution in [1.29, 1.82) is 0 Å². The number of piperazine rings is 1. The number of hydrogen-bond donors (Lipinski definition) is 1. The number of ether oxygens (including phenoxy) is 1. The fourth-order valence-corrected chi connectivity index (χ4v) is 6.12. The first-order chi connectivity index (χ1) is 19.7. The molecule has 3 heterocycles. The molecule has 0 bridgehead atoms. The molecule has 2 aromatic carbocycles. The van der Waals surface area contributed by atoms with Gasteiger partial charge >= 0.3 is 5.97 Å². The van der Waals surface area contributed by atoms with E-state index in [4.69, 9.17) is 17.0 Å². The highest BCUT2D eigenvalue weighted by Gasteiger charge is 2.37. The molecule has 0 unspecified atom stereocenters. The zero-order valence-electron chi connectivity index (χ0n) is 24.1. The summed E-state index contributed by atoms with van der Waals surface area (Å²) in [5.41, 5.74) is 6.33. The number of aryl methyl sites for hydroxylation is 2. The predicted molar refractivity (Wildman–Crippen MR) is 164 cm³/mol. The second-order valence-electron chi connectivity index (χ2n) is 11.2. The number of cyclic esters (lactones) is 1. The van der Waals surface area contributed by atoms with Gasteiger partial charge in [0.15, 0.2) is 5.11 Å². The molecule has 0 spiro atoms. The number of esters is 1. The molecule has 3 aliphatic heterocycles. The molecule has 0 radical (unpaired) electrons. The molecule has 41 heavy (non-hydrogen) atoms. The Balaban J connectivity index is 1.01. The Kier molecular flexibility index (Phi) is 8.85. The molecule has 5 rings (SSSR count). The minimum Gasteiger partial charge on any atom is -0.457 e. The van der Waals surface area contributed by atoms with Crippen LogP contribution in [0.25, 0.3) is 0 Å². The van der Waals surface area contributed by atoms with Crippen LogP contribution in [0.3, 0.4) is 0 Å². The second kappa shape index (κ2) is 12.5. The molecule has 0 aliphatic carbocycles. The number of nitrogens with zero attached hydrogens (tertiary/aromatic N) is 3. The largest absolute Gasteiger partial charge is 0.457 e. The van der Waals surface area contributed by atoms with Crippen molar-refractivity contribution in [2.24, 2.45) is 0 Å². The molecule has 216 valence electrons. The Bertz CT molecular complexity index is 1390. The van der Waals surface area contributed by atoms with Crippen LogP contribution in [-0.2, 0) is 20.9 Å². The molecule has 3 aliphatic rings. The Morgan fingerprint density at radius 3 is 2.34 bits per heavy atom. The molecule has 0 saturated carbocycles. The first-order valence-corrected chi connectivity index (χ1v) is 14.9. The van der Waals surface area contributed by atoms with Crippen molar-refractivity contribution in [1.82, 2.24) is 9.80 Å². The van der Waals surface area contributed by atoms with E-state index in [9.17, 15) is 14.4 Å². The van der Waals surface area contributed by atoms with Gasteiger partial charge in [0, 0.05) is 48.6 Å². The van der Waals surface area contributed by atoms with Crippen molar-refractivity contribution in [2.45, 2.75) is 59.5 Å². The topological polar surface area (TPSA) is 82.2 Å². The quantitative estimate of drug-likeness (QED) is 0.191. The zero-order chi connectivity index (χ0) is 29.1. The summed E-state index contributed by atoms with van der Waals surface area (Å²) >= 11 is 5.70. The maximum Gasteiger partial charge on any atom is 0.338 e. The van der Waals surface area contributed by atoms with Crippen LogP contribution < -0.4 is 10.2 Å². The van der Waals surface area contributed by atoms with Gasteiger partial charge in [0.05, 0.1) is 11.3 Å². The van der Waals surface area contributed by atoms with E-state index in [-0.39, 0.29) is 24.4 Å². The Labute approximate surface area is 247 Å². The van der Waals surface area contributed by atoms with E-state index < -0.39 is 0 Å². The third-order valence-corrected chi connectivity index (χ3v) is 8.75. The van der Waals surface area contributed by atoms with Gasteiger partial charge in [0.25, 0.3) is 11.8 Å². The number of fused-ring (bicyclic) bond motifs is 1. The lowest BCUT2D eigenvalue weighted by molar-refractivity contribution is -0.120. The van der Waals surface area contributed by atoms with Gasteiger partial charge < -0.3 is 15.0 Å². The smallest absolute Gasteiger partial charge is 0.338 e. The fourth-order valence-electron chi connectivity index (χ4n) is 5.84. The lowest BCUT2D eigenvalue weighted by Gasteiger charge is -2.36. The lowest BCUT2D eigenvalue weighted by atomic mass is 10.0. The van der Waals surface area contributed by atoms with Gasteiger partial charge in [-0.1, -0.05) is 31.0 Å². The lowest BCUT2D eigenvalue weighted by Crippen LogP contribution is -2.50. The molecule has 1 N–H and O–H groups in total. The number of carbonyl (C=O) groups is 3. The summed E-state index contributed by atoms with van der Waals surface area (Å²) in [4.78, 5) is 43.8. The number of hydrogen-bond acceptors (Lipinski definition) is 6. The minimum atomic E-state index is -0.367. The van der Waals surface area contributed by atoms with Gasteiger partial charge in [-0.2, -0.15) is 0 Å². The van der Waals surface area contributed by atoms with Crippen molar-refractivity contribution >= 4 is 46.5 Å². The van der Waals surface area contributed by atoms with Gasteiger partial charge in [0.1, 0.15) is 6.61 Å². The number of para-hydroxylation sites is 1. The highest BCUT2D eigenvalue weighted by atomic mass is 32.1. The summed E-state index contributed by atoms with van der Waals surface area (Å²) in [6.07, 6.45) is 4.68. The van der Waals surface area contributed by atoms with E-state index in [0.29, 0.717) is 34.4 Å². The molecular formula is C32H38N4O4S. The van der Waals surface area contributed by atoms with Crippen molar-refractivity contribution in [3.05, 3.63) is 69.8 Å². The van der Waals surface area contributed by atoms with Gasteiger partial charge in [-0.25, -0.2) is 9.69 Å². The highest BCUT2D eigenvalue weighted by molar-refractivity contribution is 7.80. The number of unbranched alkanes of at least 4 members (excludes halogenated alkanes) is 3. The summed E-state index contributed by atoms with van der Waals surface area (Å²) in [7, 11) is 0. The summed E-state index contributed by atoms with van der Waals surface area (Å²) in [6.45, 7) is 11.0. The summed E-state index contributed by atoms with van der Waals surface area (Å²) < 4.78 is 5.05. The molecule has 0 atom stereocenters. The molecule has 9 heteroatoms. The van der Waals surface area contributed by atoms with E-state index in [1.807, 2.05) is 0 Å². The van der Waals surface area contributed by atoms with E-state index in [2.05, 4.69) is 47.2 Å². The Hall–Kier alpha value is -3.56. The SMILES string of the molecule is CC1=C(CCCCCCN2CCN(C(=S)Nc3c(C)cccc3C)CC2)C(=O)N(c2ccc3c(c2)COC3=O)C1=O. The van der Waals surface area contributed by atoms with E-state index in [0.717, 1.165) is 69.2 Å². The van der Waals surface area contributed by atoms with Crippen LogP contribution in [0.5, 0.6) is 0 Å². The number of carbonyl (C=O) groups excluding carboxylic acids is 3. The van der Waals surface area contributed by atoms with Crippen LogP contribution in [0.15, 0.2) is 47.5 Å². The van der Waals surface area contributed by atoms with E-state index >= 15 is 0 Å². The van der Waals surface area contributed by atoms with Crippen LogP contribution in [0.1, 0.15) is 66.1 Å². The summed E-state index contributed by atoms with van der Waals surface area (Å²) in [6, 6.07) is 11.3. The number of rotatable bonds is 9. The Morgan fingerprint density at radius 2 is 1.61 bits per heavy atom. The zero-order valence-corrected chi connectivity index (χ0v) is 24.9. The average Bonchev–Trinajstić information content (AvgIpc) is 3.43. The minimum absolute atomic E-state index is 0.172. The maximum absolute atomic E-state index is 13.2. The number of thiocarbonyl (C=S) groups is 1. The van der Waals surface area contributed by atoms with Crippen LogP contribution in [0.4, 0.5) is 11.4 Å². The van der Waals surface area contributed by atoms with E-state index in [1.165, 1.54) is 16.0 Å². The number of imide groups is 1. The van der Waals surface area contributed by atoms with Crippen LogP contribution >= 0.6 is 12.2 Å². The number of nitrogens with one attached hydrogen (secondary N) is 1. The van der Waals surface area contributed by atoms with Crippen molar-refractivity contribution < 1.29 is 19.1 Å². The molecule has 2 amide bonds.